The number of carbonyl (C=O) groups excluding carboxylic acids is 2. The summed E-state index contributed by atoms with van der Waals surface area (Å²) < 4.78 is 11.1. The largest absolute Gasteiger partial charge is 0.561 e. The van der Waals surface area contributed by atoms with Crippen LogP contribution in [-0.2, 0) is 22.4 Å². The molecule has 0 saturated carbocycles. The van der Waals surface area contributed by atoms with Crippen molar-refractivity contribution < 1.29 is 19.0 Å². The normalized spacial score (nSPS) is 15.1. The first-order valence-electron chi connectivity index (χ1n) is 9.27. The van der Waals surface area contributed by atoms with Crippen molar-refractivity contribution in [2.75, 3.05) is 6.61 Å². The van der Waals surface area contributed by atoms with Crippen LogP contribution in [0, 0.1) is 0 Å². The van der Waals surface area contributed by atoms with Crippen LogP contribution >= 0.6 is 0 Å². The van der Waals surface area contributed by atoms with Crippen molar-refractivity contribution in [2.45, 2.75) is 38.5 Å². The molecule has 0 spiro atoms. The number of esters is 1. The Balaban J connectivity index is 1.60. The smallest absolute Gasteiger partial charge is 0.363 e. The Morgan fingerprint density at radius 2 is 2.11 bits per heavy atom. The molecule has 0 bridgehead atoms. The number of nitrogens with one attached hydrogen (secondary N) is 1. The van der Waals surface area contributed by atoms with Gasteiger partial charge in [0.15, 0.2) is 0 Å². The van der Waals surface area contributed by atoms with E-state index < -0.39 is 0 Å². The molecule has 3 rings (SSSR count). The lowest BCUT2D eigenvalue weighted by molar-refractivity contribution is -0.120. The summed E-state index contributed by atoms with van der Waals surface area (Å²) in [5.74, 6) is 0.0192. The predicted octanol–water partition coefficient (Wildman–Crippen LogP) is 2.01. The van der Waals surface area contributed by atoms with Crippen LogP contribution < -0.4 is 9.97 Å². The van der Waals surface area contributed by atoms with E-state index in [9.17, 15) is 9.59 Å². The van der Waals surface area contributed by atoms with E-state index in [4.69, 9.17) is 9.39 Å². The van der Waals surface area contributed by atoms with Crippen LogP contribution in [0.5, 0.6) is 5.75 Å². The number of rotatable bonds is 7. The maximum atomic E-state index is 12.3. The molecule has 6 nitrogen and oxygen atoms in total. The van der Waals surface area contributed by atoms with Gasteiger partial charge in [-0.3, -0.25) is 9.78 Å². The Kier molecular flexibility index (Phi) is 6.46. The van der Waals surface area contributed by atoms with Crippen LogP contribution in [0.1, 0.15) is 41.3 Å². The standard InChI is InChI=1S/C20H23BN2O4/c1-2-3-11-26-20(25)16-6-4-5-15-13-17(21-27-19(15)16)23-18(24)12-14-7-9-22-10-8-14/h4-10,17,21H,2-3,11-13H2,1H3,(H,23,24). The Morgan fingerprint density at radius 1 is 1.30 bits per heavy atom. The molecule has 1 aromatic carbocycles. The topological polar surface area (TPSA) is 77.5 Å². The van der Waals surface area contributed by atoms with Crippen LogP contribution in [0.4, 0.5) is 0 Å². The van der Waals surface area contributed by atoms with E-state index in [1.807, 2.05) is 31.2 Å². The average molecular weight is 366 g/mol. The second-order valence-corrected chi connectivity index (χ2v) is 6.60. The Hall–Kier alpha value is -2.83. The van der Waals surface area contributed by atoms with E-state index in [0.29, 0.717) is 38.2 Å². The van der Waals surface area contributed by atoms with Crippen molar-refractivity contribution in [3.63, 3.8) is 0 Å². The van der Waals surface area contributed by atoms with Crippen molar-refractivity contribution in [3.05, 3.63) is 59.4 Å². The van der Waals surface area contributed by atoms with Gasteiger partial charge in [0, 0.05) is 18.3 Å². The quantitative estimate of drug-likeness (QED) is 0.461. The molecule has 1 atom stereocenters. The van der Waals surface area contributed by atoms with Crippen LogP contribution in [0.15, 0.2) is 42.7 Å². The lowest BCUT2D eigenvalue weighted by Crippen LogP contribution is -2.45. The number of fused-ring (bicyclic) bond motifs is 1. The summed E-state index contributed by atoms with van der Waals surface area (Å²) in [4.78, 5) is 28.5. The third-order valence-electron chi connectivity index (χ3n) is 4.42. The highest BCUT2D eigenvalue weighted by atomic mass is 16.5. The summed E-state index contributed by atoms with van der Waals surface area (Å²) >= 11 is 0. The molecule has 1 unspecified atom stereocenters. The second kappa shape index (κ2) is 9.21. The van der Waals surface area contributed by atoms with Gasteiger partial charge in [-0.1, -0.05) is 25.5 Å². The van der Waals surface area contributed by atoms with Gasteiger partial charge < -0.3 is 14.7 Å². The molecule has 2 heterocycles. The zero-order chi connectivity index (χ0) is 19.1. The minimum atomic E-state index is -0.361. The number of hydrogen-bond donors (Lipinski definition) is 1. The number of unbranched alkanes of at least 4 members (excludes halogenated alkanes) is 1. The Labute approximate surface area is 159 Å². The molecule has 7 heteroatoms. The SMILES string of the molecule is CCCCOC(=O)c1cccc2c1OBC(NC(=O)Cc1ccncc1)C2. The number of para-hydroxylation sites is 1. The van der Waals surface area contributed by atoms with Gasteiger partial charge in [0.05, 0.1) is 13.0 Å². The number of pyridine rings is 1. The van der Waals surface area contributed by atoms with Gasteiger partial charge in [0.25, 0.3) is 0 Å². The number of nitrogens with zero attached hydrogens (tertiary/aromatic N) is 1. The molecule has 1 aliphatic heterocycles. The molecule has 1 amide bonds. The summed E-state index contributed by atoms with van der Waals surface area (Å²) in [7, 11) is 0.328. The number of carbonyl (C=O) groups is 2. The monoisotopic (exact) mass is 366 g/mol. The zero-order valence-electron chi connectivity index (χ0n) is 15.4. The molecular weight excluding hydrogens is 343 g/mol. The number of aromatic nitrogens is 1. The fourth-order valence-electron chi connectivity index (χ4n) is 3.03. The van der Waals surface area contributed by atoms with Crippen molar-refractivity contribution in [1.29, 1.82) is 0 Å². The predicted molar refractivity (Wildman–Crippen MR) is 103 cm³/mol. The molecule has 0 radical (unpaired) electrons. The number of ether oxygens (including phenoxy) is 1. The first-order chi connectivity index (χ1) is 13.2. The maximum Gasteiger partial charge on any atom is 0.363 e. The lowest BCUT2D eigenvalue weighted by Gasteiger charge is -2.26. The summed E-state index contributed by atoms with van der Waals surface area (Å²) in [5, 5.41) is 3.00. The van der Waals surface area contributed by atoms with Crippen LogP contribution in [-0.4, -0.2) is 36.9 Å². The number of hydrogen-bond acceptors (Lipinski definition) is 5. The summed E-state index contributed by atoms with van der Waals surface area (Å²) in [6, 6.07) is 9.10. The molecule has 1 aromatic heterocycles. The van der Waals surface area contributed by atoms with Gasteiger partial charge in [-0.05, 0) is 42.2 Å². The summed E-state index contributed by atoms with van der Waals surface area (Å²) in [6.45, 7) is 2.46. The van der Waals surface area contributed by atoms with E-state index in [0.717, 1.165) is 24.0 Å². The fraction of sp³-hybridized carbons (Fsp3) is 0.350. The number of amides is 1. The first kappa shape index (κ1) is 19.0. The molecule has 2 aromatic rings. The Bertz CT molecular complexity index is 798. The highest BCUT2D eigenvalue weighted by Crippen LogP contribution is 2.29. The molecule has 0 aliphatic carbocycles. The second-order valence-electron chi connectivity index (χ2n) is 6.60. The van der Waals surface area contributed by atoms with Crippen molar-refractivity contribution in [2.24, 2.45) is 0 Å². The van der Waals surface area contributed by atoms with E-state index >= 15 is 0 Å². The van der Waals surface area contributed by atoms with Crippen LogP contribution in [0.25, 0.3) is 0 Å². The van der Waals surface area contributed by atoms with Crippen molar-refractivity contribution in [3.8, 4) is 5.75 Å². The van der Waals surface area contributed by atoms with Crippen LogP contribution in [0.3, 0.4) is 0 Å². The van der Waals surface area contributed by atoms with Crippen molar-refractivity contribution >= 4 is 19.4 Å². The highest BCUT2D eigenvalue weighted by molar-refractivity contribution is 6.32. The molecule has 140 valence electrons. The third-order valence-corrected chi connectivity index (χ3v) is 4.42. The van der Waals surface area contributed by atoms with E-state index in [1.165, 1.54) is 0 Å². The maximum absolute atomic E-state index is 12.3. The molecule has 1 N–H and O–H groups in total. The van der Waals surface area contributed by atoms with E-state index in [2.05, 4.69) is 10.3 Å². The summed E-state index contributed by atoms with van der Waals surface area (Å²) in [6.07, 6.45) is 6.07. The van der Waals surface area contributed by atoms with Crippen molar-refractivity contribution in [1.82, 2.24) is 10.3 Å². The van der Waals surface area contributed by atoms with Gasteiger partial charge >= 0.3 is 13.5 Å². The summed E-state index contributed by atoms with van der Waals surface area (Å²) in [5.41, 5.74) is 2.27. The van der Waals surface area contributed by atoms with Gasteiger partial charge in [-0.25, -0.2) is 4.79 Å². The van der Waals surface area contributed by atoms with Gasteiger partial charge in [0.2, 0.25) is 5.91 Å². The van der Waals surface area contributed by atoms with Crippen LogP contribution in [0.2, 0.25) is 0 Å². The van der Waals surface area contributed by atoms with Gasteiger partial charge in [-0.15, -0.1) is 0 Å². The fourth-order valence-corrected chi connectivity index (χ4v) is 3.03. The van der Waals surface area contributed by atoms with E-state index in [1.54, 1.807) is 18.5 Å². The highest BCUT2D eigenvalue weighted by Gasteiger charge is 2.27. The lowest BCUT2D eigenvalue weighted by atomic mass is 9.79. The molecular formula is C20H23BN2O4. The Morgan fingerprint density at radius 3 is 2.89 bits per heavy atom. The zero-order valence-corrected chi connectivity index (χ0v) is 15.4. The number of benzene rings is 1. The molecule has 0 saturated heterocycles. The van der Waals surface area contributed by atoms with Gasteiger partial charge in [0.1, 0.15) is 11.3 Å². The van der Waals surface area contributed by atoms with E-state index in [-0.39, 0.29) is 17.8 Å². The molecule has 27 heavy (non-hydrogen) atoms. The average Bonchev–Trinajstić information content (AvgIpc) is 2.68. The minimum absolute atomic E-state index is 0.0617. The minimum Gasteiger partial charge on any atom is -0.561 e. The third kappa shape index (κ3) is 5.09. The van der Waals surface area contributed by atoms with Gasteiger partial charge in [-0.2, -0.15) is 0 Å². The molecule has 1 aliphatic rings. The molecule has 0 fully saturated rings. The first-order valence-corrected chi connectivity index (χ1v) is 9.27.